The van der Waals surface area contributed by atoms with Crippen LogP contribution >= 0.6 is 0 Å². The largest absolute Gasteiger partial charge is 0.456 e. The van der Waals surface area contributed by atoms with Crippen molar-refractivity contribution in [3.05, 3.63) is 161 Å². The van der Waals surface area contributed by atoms with E-state index in [2.05, 4.69) is 203 Å². The minimum Gasteiger partial charge on any atom is -0.456 e. The summed E-state index contributed by atoms with van der Waals surface area (Å²) in [7, 11) is 0. The molecule has 0 radical (unpaired) electrons. The predicted molar refractivity (Wildman–Crippen MR) is 274 cm³/mol. The molecule has 1 fully saturated rings. The number of rotatable bonds is 2. The Labute approximate surface area is 382 Å². The average molecular weight is 844 g/mol. The fraction of sp³-hybridized carbons (Fsp3) is 0.267. The molecule has 0 saturated heterocycles. The van der Waals surface area contributed by atoms with Crippen LogP contribution < -0.4 is 26.2 Å². The number of nitrogens with zero attached hydrogens (tertiary/aromatic N) is 3. The van der Waals surface area contributed by atoms with E-state index in [0.29, 0.717) is 0 Å². The second kappa shape index (κ2) is 12.3. The van der Waals surface area contributed by atoms with Crippen LogP contribution in [-0.2, 0) is 16.2 Å². The van der Waals surface area contributed by atoms with Gasteiger partial charge in [-0.05, 0) is 125 Å². The second-order valence-electron chi connectivity index (χ2n) is 22.1. The molecule has 5 heterocycles. The van der Waals surface area contributed by atoms with Crippen molar-refractivity contribution >= 4 is 84.4 Å². The molecule has 0 spiro atoms. The van der Waals surface area contributed by atoms with Crippen LogP contribution in [0.15, 0.2) is 138 Å². The van der Waals surface area contributed by atoms with E-state index in [1.807, 2.05) is 0 Å². The SMILES string of the molecule is Cc1cc2c3c(c1)-n1c4c(c5cccc(c51)B3c1ccc(N3c5ccc(C(C)(C)C)cc5C5(C)CCCCC35C)cc1N2c1cccc2oc3ccccc3c12)C(C)(C)c1ccccc1-4. The van der Waals surface area contributed by atoms with Crippen molar-refractivity contribution in [3.8, 4) is 16.9 Å². The number of benzene rings is 7. The molecule has 318 valence electrons. The molecule has 65 heavy (non-hydrogen) atoms. The van der Waals surface area contributed by atoms with Gasteiger partial charge in [0.1, 0.15) is 11.2 Å². The Hall–Kier alpha value is -6.46. The summed E-state index contributed by atoms with van der Waals surface area (Å²) in [5.74, 6) is 0. The molecule has 4 nitrogen and oxygen atoms in total. The first-order valence-electron chi connectivity index (χ1n) is 24.0. The Morgan fingerprint density at radius 1 is 0.615 bits per heavy atom. The zero-order valence-electron chi connectivity index (χ0n) is 38.9. The third kappa shape index (κ3) is 4.55. The normalized spacial score (nSPS) is 20.8. The summed E-state index contributed by atoms with van der Waals surface area (Å²) in [5.41, 5.74) is 24.4. The maximum Gasteiger partial charge on any atom is 0.252 e. The second-order valence-corrected chi connectivity index (χ2v) is 22.1. The highest BCUT2D eigenvalue weighted by molar-refractivity contribution is 7.00. The zero-order chi connectivity index (χ0) is 44.1. The van der Waals surface area contributed by atoms with Gasteiger partial charge in [-0.3, -0.25) is 0 Å². The number of anilines is 5. The van der Waals surface area contributed by atoms with Crippen LogP contribution in [-0.4, -0.2) is 16.8 Å². The van der Waals surface area contributed by atoms with Crippen LogP contribution in [0.2, 0.25) is 0 Å². The summed E-state index contributed by atoms with van der Waals surface area (Å²) in [6.07, 6.45) is 4.85. The van der Waals surface area contributed by atoms with Crippen LogP contribution in [0.25, 0.3) is 49.8 Å². The molecule has 0 bridgehead atoms. The Morgan fingerprint density at radius 2 is 1.37 bits per heavy atom. The van der Waals surface area contributed by atoms with Gasteiger partial charge in [-0.15, -0.1) is 0 Å². The van der Waals surface area contributed by atoms with Gasteiger partial charge in [0.15, 0.2) is 0 Å². The molecule has 9 aromatic rings. The lowest BCUT2D eigenvalue weighted by atomic mass is 9.33. The molecule has 0 N–H and O–H groups in total. The quantitative estimate of drug-likeness (QED) is 0.162. The predicted octanol–water partition coefficient (Wildman–Crippen LogP) is 13.8. The van der Waals surface area contributed by atoms with Gasteiger partial charge in [-0.25, -0.2) is 0 Å². The summed E-state index contributed by atoms with van der Waals surface area (Å²) in [6.45, 7) is 19.4. The number of furan rings is 1. The fourth-order valence-corrected chi connectivity index (χ4v) is 14.0. The number of hydrogen-bond acceptors (Lipinski definition) is 3. The van der Waals surface area contributed by atoms with E-state index in [1.54, 1.807) is 0 Å². The Balaban J connectivity index is 1.09. The lowest BCUT2D eigenvalue weighted by Crippen LogP contribution is -2.60. The van der Waals surface area contributed by atoms with Crippen molar-refractivity contribution < 1.29 is 4.42 Å². The summed E-state index contributed by atoms with van der Waals surface area (Å²) in [4.78, 5) is 5.40. The third-order valence-electron chi connectivity index (χ3n) is 17.3. The summed E-state index contributed by atoms with van der Waals surface area (Å²) in [6, 6.07) is 51.4. The maximum absolute atomic E-state index is 6.66. The van der Waals surface area contributed by atoms with E-state index >= 15 is 0 Å². The summed E-state index contributed by atoms with van der Waals surface area (Å²) >= 11 is 0. The molecule has 5 aliphatic rings. The van der Waals surface area contributed by atoms with Gasteiger partial charge in [-0.1, -0.05) is 139 Å². The summed E-state index contributed by atoms with van der Waals surface area (Å²) in [5, 5.41) is 3.66. The maximum atomic E-state index is 6.66. The van der Waals surface area contributed by atoms with Gasteiger partial charge in [0, 0.05) is 61.1 Å². The molecule has 2 atom stereocenters. The van der Waals surface area contributed by atoms with E-state index in [-0.39, 0.29) is 28.5 Å². The van der Waals surface area contributed by atoms with Crippen molar-refractivity contribution in [2.45, 2.75) is 103 Å². The number of aromatic nitrogens is 1. The highest BCUT2D eigenvalue weighted by Gasteiger charge is 2.58. The molecular weight excluding hydrogens is 789 g/mol. The van der Waals surface area contributed by atoms with Crippen molar-refractivity contribution in [2.24, 2.45) is 0 Å². The lowest BCUT2D eigenvalue weighted by Gasteiger charge is -2.50. The topological polar surface area (TPSA) is 24.6 Å². The monoisotopic (exact) mass is 843 g/mol. The van der Waals surface area contributed by atoms with Gasteiger partial charge in [0.2, 0.25) is 0 Å². The zero-order valence-corrected chi connectivity index (χ0v) is 38.9. The van der Waals surface area contributed by atoms with Crippen LogP contribution in [0, 0.1) is 6.92 Å². The van der Waals surface area contributed by atoms with Gasteiger partial charge in [0.25, 0.3) is 6.71 Å². The molecule has 7 aromatic carbocycles. The van der Waals surface area contributed by atoms with Gasteiger partial charge in [-0.2, -0.15) is 0 Å². The molecule has 2 unspecified atom stereocenters. The van der Waals surface area contributed by atoms with Crippen LogP contribution in [0.4, 0.5) is 28.4 Å². The number of fused-ring (bicyclic) bond motifs is 15. The van der Waals surface area contributed by atoms with Crippen LogP contribution in [0.1, 0.15) is 102 Å². The average Bonchev–Trinajstić information content (AvgIpc) is 3.98. The number of aryl methyl sites for hydroxylation is 1. The lowest BCUT2D eigenvalue weighted by molar-refractivity contribution is 0.195. The summed E-state index contributed by atoms with van der Waals surface area (Å²) < 4.78 is 9.33. The molecule has 1 saturated carbocycles. The van der Waals surface area contributed by atoms with Gasteiger partial charge >= 0.3 is 0 Å². The molecular formula is C60H54BN3O. The van der Waals surface area contributed by atoms with E-state index in [4.69, 9.17) is 4.42 Å². The first-order valence-corrected chi connectivity index (χ1v) is 24.0. The van der Waals surface area contributed by atoms with Crippen LogP contribution in [0.3, 0.4) is 0 Å². The Morgan fingerprint density at radius 3 is 2.23 bits per heavy atom. The van der Waals surface area contributed by atoms with E-state index in [9.17, 15) is 0 Å². The van der Waals surface area contributed by atoms with Crippen molar-refractivity contribution in [1.29, 1.82) is 0 Å². The van der Waals surface area contributed by atoms with Crippen molar-refractivity contribution in [1.82, 2.24) is 4.57 Å². The van der Waals surface area contributed by atoms with Crippen molar-refractivity contribution in [3.63, 3.8) is 0 Å². The smallest absolute Gasteiger partial charge is 0.252 e. The van der Waals surface area contributed by atoms with E-state index in [0.717, 1.165) is 34.0 Å². The molecule has 5 heteroatoms. The van der Waals surface area contributed by atoms with Crippen LogP contribution in [0.5, 0.6) is 0 Å². The highest BCUT2D eigenvalue weighted by Crippen LogP contribution is 2.62. The Kier molecular flexibility index (Phi) is 7.14. The number of hydrogen-bond donors (Lipinski definition) is 0. The molecule has 0 amide bonds. The highest BCUT2D eigenvalue weighted by atomic mass is 16.3. The standard InChI is InChI=1S/C60H54BN3O/c1-35-31-48-54-49(32-35)63-55-40(53-56(63)38-17-9-11-20-41(38)58(53,5)6)19-15-21-44(55)61(54)43-27-26-37(34-47(43)62(48)46-22-16-24-51-52(46)39-18-10-12-23-50(39)65-51)64-45-28-25-36(57(2,3)4)33-42(45)59(7)29-13-14-30-60(59,64)8/h9-12,15-28,31-34H,13-14,29-30H2,1-8H3. The number of para-hydroxylation sites is 2. The molecule has 3 aliphatic heterocycles. The molecule has 14 rings (SSSR count). The minimum absolute atomic E-state index is 0.0224. The minimum atomic E-state index is -0.138. The van der Waals surface area contributed by atoms with Crippen molar-refractivity contribution in [2.75, 3.05) is 9.80 Å². The van der Waals surface area contributed by atoms with Gasteiger partial charge < -0.3 is 18.8 Å². The fourth-order valence-electron chi connectivity index (χ4n) is 14.0. The Bertz CT molecular complexity index is 3600. The molecule has 2 aromatic heterocycles. The third-order valence-corrected chi connectivity index (χ3v) is 17.3. The molecule has 2 aliphatic carbocycles. The van der Waals surface area contributed by atoms with Gasteiger partial charge in [0.05, 0.1) is 22.3 Å². The first kappa shape index (κ1) is 37.9. The van der Waals surface area contributed by atoms with E-state index < -0.39 is 0 Å². The van der Waals surface area contributed by atoms with E-state index in [1.165, 1.54) is 114 Å². The first-order chi connectivity index (χ1) is 31.3.